The average Bonchev–Trinajstić information content (AvgIpc) is 3.28. The van der Waals surface area contributed by atoms with Crippen LogP contribution in [0.1, 0.15) is 72.7 Å². The lowest BCUT2D eigenvalue weighted by molar-refractivity contribution is -0.137. The van der Waals surface area contributed by atoms with Gasteiger partial charge >= 0.3 is 12.1 Å². The number of hydrazine groups is 2. The summed E-state index contributed by atoms with van der Waals surface area (Å²) in [5.74, 6) is -3.88. The van der Waals surface area contributed by atoms with E-state index in [1.807, 2.05) is 5.01 Å². The van der Waals surface area contributed by atoms with E-state index in [1.165, 1.54) is 12.1 Å². The van der Waals surface area contributed by atoms with Crippen LogP contribution >= 0.6 is 0 Å². The van der Waals surface area contributed by atoms with E-state index in [0.29, 0.717) is 50.4 Å². The van der Waals surface area contributed by atoms with Gasteiger partial charge in [0.1, 0.15) is 5.82 Å². The topological polar surface area (TPSA) is 111 Å². The number of hydrogen-bond acceptors (Lipinski definition) is 6. The number of ketones is 1. The quantitative estimate of drug-likeness (QED) is 0.376. The van der Waals surface area contributed by atoms with Gasteiger partial charge in [-0.2, -0.15) is 18.7 Å². The second-order valence-electron chi connectivity index (χ2n) is 11.5. The van der Waals surface area contributed by atoms with Crippen LogP contribution in [0.5, 0.6) is 0 Å². The number of nitrogens with zero attached hydrogens (tertiary/aromatic N) is 1. The summed E-state index contributed by atoms with van der Waals surface area (Å²) in [6.45, 7) is 5.78. The van der Waals surface area contributed by atoms with E-state index < -0.39 is 52.4 Å². The first-order valence-corrected chi connectivity index (χ1v) is 13.0. The highest BCUT2D eigenvalue weighted by molar-refractivity contribution is 5.99. The number of Topliss-reactive ketones (excluding diaryl/α,β-unsaturated/α-hetero) is 1. The van der Waals surface area contributed by atoms with Gasteiger partial charge in [-0.3, -0.25) is 14.6 Å². The predicted octanol–water partition coefficient (Wildman–Crippen LogP) is 4.71. The lowest BCUT2D eigenvalue weighted by atomic mass is 9.71. The monoisotopic (exact) mass is 564 g/mol. The fourth-order valence-corrected chi connectivity index (χ4v) is 5.45. The predicted molar refractivity (Wildman–Crippen MR) is 139 cm³/mol. The third kappa shape index (κ3) is 5.97. The Hall–Kier alpha value is -3.51. The van der Waals surface area contributed by atoms with Crippen molar-refractivity contribution >= 4 is 23.3 Å². The molecule has 8 nitrogen and oxygen atoms in total. The molecule has 1 aliphatic heterocycles. The molecule has 2 aromatic carbocycles. The van der Waals surface area contributed by atoms with E-state index in [4.69, 9.17) is 0 Å². The van der Waals surface area contributed by atoms with Gasteiger partial charge in [0.25, 0.3) is 5.91 Å². The fourth-order valence-electron chi connectivity index (χ4n) is 5.45. The average molecular weight is 565 g/mol. The molecule has 40 heavy (non-hydrogen) atoms. The molecule has 1 spiro atoms. The number of carbonyl (C=O) groups excluding carboxylic acids is 2. The van der Waals surface area contributed by atoms with Crippen LogP contribution in [0.3, 0.4) is 0 Å². The van der Waals surface area contributed by atoms with Crippen molar-refractivity contribution in [3.05, 3.63) is 65.0 Å². The Kier molecular flexibility index (Phi) is 7.97. The van der Waals surface area contributed by atoms with Crippen molar-refractivity contribution in [1.82, 2.24) is 16.3 Å². The van der Waals surface area contributed by atoms with E-state index in [9.17, 15) is 37.1 Å². The van der Waals surface area contributed by atoms with Crippen LogP contribution < -0.4 is 21.3 Å². The summed E-state index contributed by atoms with van der Waals surface area (Å²) in [5, 5.41) is 13.6. The van der Waals surface area contributed by atoms with Crippen LogP contribution in [0.2, 0.25) is 0 Å². The first kappa shape index (κ1) is 29.5. The van der Waals surface area contributed by atoms with Gasteiger partial charge in [0.15, 0.2) is 5.78 Å². The van der Waals surface area contributed by atoms with Crippen LogP contribution in [0.15, 0.2) is 42.5 Å². The molecule has 216 valence electrons. The zero-order valence-corrected chi connectivity index (χ0v) is 22.4. The van der Waals surface area contributed by atoms with Crippen LogP contribution in [0.4, 0.5) is 23.2 Å². The van der Waals surface area contributed by atoms with Crippen molar-refractivity contribution in [2.45, 2.75) is 64.2 Å². The van der Waals surface area contributed by atoms with Crippen LogP contribution in [0.25, 0.3) is 0 Å². The molecule has 0 bridgehead atoms. The van der Waals surface area contributed by atoms with Crippen LogP contribution in [-0.4, -0.2) is 40.9 Å². The smallest absolute Gasteiger partial charge is 0.416 e. The van der Waals surface area contributed by atoms with E-state index in [0.717, 1.165) is 5.69 Å². The fraction of sp³-hybridized carbons (Fsp3) is 0.464. The molecule has 1 atom stereocenters. The number of rotatable bonds is 6. The zero-order valence-electron chi connectivity index (χ0n) is 22.4. The number of carboxylic acid groups (broad SMARTS) is 1. The summed E-state index contributed by atoms with van der Waals surface area (Å²) in [6, 6.07) is 7.02. The highest BCUT2D eigenvalue weighted by atomic mass is 19.4. The van der Waals surface area contributed by atoms with Crippen molar-refractivity contribution in [3.63, 3.8) is 0 Å². The third-order valence-corrected chi connectivity index (χ3v) is 7.74. The number of amides is 1. The Bertz CT molecular complexity index is 1280. The molecular weight excluding hydrogens is 532 g/mol. The molecule has 2 aliphatic rings. The highest BCUT2D eigenvalue weighted by Crippen LogP contribution is 2.41. The Morgan fingerprint density at radius 2 is 1.68 bits per heavy atom. The standard InChI is InChI=1S/C28H32F4N4O4/c1-26(2,3)23(34-24(38)20-14-18(28(30,31)32)6-9-21(20)29)22(37)16-10-12-27(13-11-16)15-33-35-36(27)19-7-4-17(5-8-19)25(39)40/h4-9,14,16,23,33,35H,10-13,15H2,1-3H3,(H,34,38)(H,39,40)/t16?,23-,27?/m0/s1. The number of anilines is 1. The number of nitrogens with one attached hydrogen (secondary N) is 3. The number of carboxylic acids is 1. The van der Waals surface area contributed by atoms with Crippen molar-refractivity contribution in [2.75, 3.05) is 11.6 Å². The molecule has 2 fully saturated rings. The largest absolute Gasteiger partial charge is 0.478 e. The van der Waals surface area contributed by atoms with Gasteiger partial charge in [-0.15, -0.1) is 0 Å². The summed E-state index contributed by atoms with van der Waals surface area (Å²) < 4.78 is 53.8. The number of aromatic carboxylic acids is 1. The normalized spacial score (nSPS) is 22.3. The van der Waals surface area contributed by atoms with Crippen LogP contribution in [-0.2, 0) is 11.0 Å². The molecule has 0 aromatic heterocycles. The molecule has 1 heterocycles. The lowest BCUT2D eigenvalue weighted by Crippen LogP contribution is -2.55. The number of carbonyl (C=O) groups is 3. The van der Waals surface area contributed by atoms with Crippen LogP contribution in [0, 0.1) is 17.2 Å². The summed E-state index contributed by atoms with van der Waals surface area (Å²) in [7, 11) is 0. The second kappa shape index (κ2) is 10.8. The second-order valence-corrected chi connectivity index (χ2v) is 11.5. The molecule has 4 N–H and O–H groups in total. The summed E-state index contributed by atoms with van der Waals surface area (Å²) in [5.41, 5.74) is 4.09. The van der Waals surface area contributed by atoms with Crippen molar-refractivity contribution in [3.8, 4) is 0 Å². The summed E-state index contributed by atoms with van der Waals surface area (Å²) >= 11 is 0. The van der Waals surface area contributed by atoms with E-state index in [2.05, 4.69) is 16.3 Å². The Labute approximate surface area is 229 Å². The summed E-state index contributed by atoms with van der Waals surface area (Å²) in [4.78, 5) is 37.8. The maximum Gasteiger partial charge on any atom is 0.416 e. The molecule has 1 aliphatic carbocycles. The molecule has 0 radical (unpaired) electrons. The first-order valence-electron chi connectivity index (χ1n) is 13.0. The Morgan fingerprint density at radius 1 is 1.05 bits per heavy atom. The molecule has 1 saturated carbocycles. The maximum atomic E-state index is 14.4. The Balaban J connectivity index is 1.48. The van der Waals surface area contributed by atoms with Gasteiger partial charge in [-0.1, -0.05) is 20.8 Å². The Morgan fingerprint density at radius 3 is 2.23 bits per heavy atom. The molecule has 0 unspecified atom stereocenters. The highest BCUT2D eigenvalue weighted by Gasteiger charge is 2.47. The molecular formula is C28H32F4N4O4. The van der Waals surface area contributed by atoms with Crippen molar-refractivity contribution < 1.29 is 37.1 Å². The first-order chi connectivity index (χ1) is 18.6. The lowest BCUT2D eigenvalue weighted by Gasteiger charge is -2.44. The zero-order chi connectivity index (χ0) is 29.5. The minimum absolute atomic E-state index is 0.166. The van der Waals surface area contributed by atoms with Gasteiger partial charge in [0.05, 0.1) is 34.0 Å². The van der Waals surface area contributed by atoms with E-state index >= 15 is 0 Å². The molecule has 1 saturated heterocycles. The maximum absolute atomic E-state index is 14.4. The molecule has 12 heteroatoms. The molecule has 4 rings (SSSR count). The summed E-state index contributed by atoms with van der Waals surface area (Å²) in [6.07, 6.45) is -2.55. The van der Waals surface area contributed by atoms with Gasteiger partial charge in [-0.05, 0) is 73.6 Å². The van der Waals surface area contributed by atoms with Gasteiger partial charge in [-0.25, -0.2) is 14.6 Å². The minimum atomic E-state index is -4.75. The molecule has 1 amide bonds. The molecule has 2 aromatic rings. The third-order valence-electron chi connectivity index (χ3n) is 7.74. The van der Waals surface area contributed by atoms with Gasteiger partial charge < -0.3 is 10.4 Å². The number of alkyl halides is 3. The van der Waals surface area contributed by atoms with Crippen molar-refractivity contribution in [1.29, 1.82) is 0 Å². The minimum Gasteiger partial charge on any atom is -0.478 e. The number of halogens is 4. The van der Waals surface area contributed by atoms with Crippen molar-refractivity contribution in [2.24, 2.45) is 11.3 Å². The number of benzene rings is 2. The van der Waals surface area contributed by atoms with Gasteiger partial charge in [0, 0.05) is 12.5 Å². The SMILES string of the molecule is CC(C)(C)[C@@H](NC(=O)c1cc(C(F)(F)F)ccc1F)C(=O)C1CCC2(CC1)CNNN2c1ccc(C(=O)O)cc1. The van der Waals surface area contributed by atoms with E-state index in [1.54, 1.807) is 32.9 Å². The number of hydrogen-bond donors (Lipinski definition) is 4. The van der Waals surface area contributed by atoms with Gasteiger partial charge in [0.2, 0.25) is 0 Å². The van der Waals surface area contributed by atoms with E-state index in [-0.39, 0.29) is 16.9 Å².